The number of methoxy groups -OCH3 is 1. The number of carbonyl (C=O) groups is 2. The Morgan fingerprint density at radius 1 is 0.938 bits per heavy atom. The maximum absolute atomic E-state index is 12.8. The molecule has 0 aliphatic heterocycles. The van der Waals surface area contributed by atoms with Crippen molar-refractivity contribution in [2.24, 2.45) is 0 Å². The molecule has 0 aliphatic carbocycles. The molecule has 32 heavy (non-hydrogen) atoms. The maximum atomic E-state index is 12.8. The average Bonchev–Trinajstić information content (AvgIpc) is 3.35. The topological polar surface area (TPSA) is 119 Å². The van der Waals surface area contributed by atoms with Gasteiger partial charge < -0.3 is 24.2 Å². The predicted molar refractivity (Wildman–Crippen MR) is 118 cm³/mol. The van der Waals surface area contributed by atoms with E-state index in [1.54, 1.807) is 31.2 Å². The van der Waals surface area contributed by atoms with Gasteiger partial charge in [0.15, 0.2) is 22.7 Å². The number of aromatic nitrogens is 2. The zero-order chi connectivity index (χ0) is 22.9. The Bertz CT molecular complexity index is 1310. The van der Waals surface area contributed by atoms with E-state index < -0.39 is 17.4 Å². The lowest BCUT2D eigenvalue weighted by molar-refractivity contribution is 0.0733. The molecule has 9 heteroatoms. The number of aryl methyl sites for hydroxylation is 2. The van der Waals surface area contributed by atoms with E-state index in [0.29, 0.717) is 22.2 Å². The Labute approximate surface area is 184 Å². The van der Waals surface area contributed by atoms with Crippen LogP contribution < -0.4 is 10.6 Å². The summed E-state index contributed by atoms with van der Waals surface area (Å²) in [6, 6.07) is 10.3. The number of rotatable bonds is 7. The van der Waals surface area contributed by atoms with E-state index in [9.17, 15) is 9.59 Å². The first-order chi connectivity index (χ1) is 15.3. The molecule has 166 valence electrons. The third-order valence-electron chi connectivity index (χ3n) is 4.99. The molecule has 0 spiro atoms. The second kappa shape index (κ2) is 8.43. The average molecular weight is 436 g/mol. The molecule has 1 unspecified atom stereocenters. The highest BCUT2D eigenvalue weighted by atomic mass is 16.5. The van der Waals surface area contributed by atoms with Crippen LogP contribution >= 0.6 is 0 Å². The molecule has 4 aromatic rings. The van der Waals surface area contributed by atoms with Gasteiger partial charge in [0.25, 0.3) is 11.8 Å². The number of amides is 2. The Kier molecular flexibility index (Phi) is 5.67. The molecule has 4 aromatic heterocycles. The molecule has 4 rings (SSSR count). The number of nitrogens with zero attached hydrogens (tertiary/aromatic N) is 2. The lowest BCUT2D eigenvalue weighted by Crippen LogP contribution is -2.56. The molecule has 0 saturated heterocycles. The molecule has 1 atom stereocenters. The van der Waals surface area contributed by atoms with Crippen molar-refractivity contribution in [1.29, 1.82) is 0 Å². The highest BCUT2D eigenvalue weighted by Gasteiger charge is 2.30. The van der Waals surface area contributed by atoms with E-state index in [2.05, 4.69) is 20.6 Å². The SMILES string of the molecule is COCC(C)(CNC(=O)c1cc2nc(C)ccc2o1)NC(=O)c1cc2nc(C)ccc2o1. The van der Waals surface area contributed by atoms with Crippen LogP contribution in [0.4, 0.5) is 0 Å². The minimum atomic E-state index is -0.898. The Morgan fingerprint density at radius 2 is 1.47 bits per heavy atom. The molecule has 0 radical (unpaired) electrons. The molecule has 0 fully saturated rings. The quantitative estimate of drug-likeness (QED) is 0.457. The van der Waals surface area contributed by atoms with E-state index in [-0.39, 0.29) is 24.7 Å². The first-order valence-electron chi connectivity index (χ1n) is 10.1. The molecule has 0 aliphatic rings. The molecule has 4 heterocycles. The van der Waals surface area contributed by atoms with Crippen LogP contribution in [0.15, 0.2) is 45.2 Å². The van der Waals surface area contributed by atoms with Gasteiger partial charge in [-0.3, -0.25) is 9.59 Å². The number of ether oxygens (including phenoxy) is 1. The van der Waals surface area contributed by atoms with Crippen molar-refractivity contribution < 1.29 is 23.2 Å². The first-order valence-corrected chi connectivity index (χ1v) is 10.1. The van der Waals surface area contributed by atoms with Crippen molar-refractivity contribution in [1.82, 2.24) is 20.6 Å². The van der Waals surface area contributed by atoms with Gasteiger partial charge in [0.2, 0.25) is 0 Å². The molecule has 9 nitrogen and oxygen atoms in total. The monoisotopic (exact) mass is 436 g/mol. The zero-order valence-electron chi connectivity index (χ0n) is 18.3. The summed E-state index contributed by atoms with van der Waals surface area (Å²) in [7, 11) is 1.52. The van der Waals surface area contributed by atoms with Gasteiger partial charge in [0.1, 0.15) is 11.0 Å². The molecule has 2 N–H and O–H groups in total. The summed E-state index contributed by atoms with van der Waals surface area (Å²) in [6.45, 7) is 5.77. The van der Waals surface area contributed by atoms with E-state index >= 15 is 0 Å². The Morgan fingerprint density at radius 3 is 2.00 bits per heavy atom. The third kappa shape index (κ3) is 4.47. The molecule has 0 saturated carbocycles. The van der Waals surface area contributed by atoms with Gasteiger partial charge >= 0.3 is 0 Å². The standard InChI is InChI=1S/C23H24N4O5/c1-13-5-7-17-15(25-13)9-19(31-17)21(28)24-11-23(3,12-30-4)27-22(29)20-10-16-18(32-20)8-6-14(2)26-16/h5-10H,11-12H2,1-4H3,(H,24,28)(H,27,29). The van der Waals surface area contributed by atoms with Crippen molar-refractivity contribution in [3.63, 3.8) is 0 Å². The summed E-state index contributed by atoms with van der Waals surface area (Å²) in [5.74, 6) is -0.577. The number of nitrogens with one attached hydrogen (secondary N) is 2. The number of pyridine rings is 2. The molecular weight excluding hydrogens is 412 g/mol. The van der Waals surface area contributed by atoms with Crippen LogP contribution in [0, 0.1) is 13.8 Å². The number of furan rings is 2. The molecule has 2 amide bonds. The van der Waals surface area contributed by atoms with Gasteiger partial charge in [0, 0.05) is 37.2 Å². The largest absolute Gasteiger partial charge is 0.449 e. The third-order valence-corrected chi connectivity index (χ3v) is 4.99. The summed E-state index contributed by atoms with van der Waals surface area (Å²) < 4.78 is 16.5. The fourth-order valence-corrected chi connectivity index (χ4v) is 3.42. The van der Waals surface area contributed by atoms with Gasteiger partial charge in [-0.05, 0) is 45.0 Å². The van der Waals surface area contributed by atoms with Gasteiger partial charge in [-0.15, -0.1) is 0 Å². The lowest BCUT2D eigenvalue weighted by Gasteiger charge is -2.29. The minimum absolute atomic E-state index is 0.104. The van der Waals surface area contributed by atoms with Crippen molar-refractivity contribution in [3.8, 4) is 0 Å². The number of carbonyl (C=O) groups excluding carboxylic acids is 2. The van der Waals surface area contributed by atoms with Crippen LogP contribution in [-0.4, -0.2) is 47.6 Å². The molecule has 0 aromatic carbocycles. The van der Waals surface area contributed by atoms with Crippen molar-refractivity contribution in [2.45, 2.75) is 26.3 Å². The van der Waals surface area contributed by atoms with E-state index in [1.807, 2.05) is 26.0 Å². The van der Waals surface area contributed by atoms with Gasteiger partial charge in [0.05, 0.1) is 12.1 Å². The lowest BCUT2D eigenvalue weighted by atomic mass is 10.0. The minimum Gasteiger partial charge on any atom is -0.449 e. The van der Waals surface area contributed by atoms with E-state index in [4.69, 9.17) is 13.6 Å². The number of hydrogen-bond donors (Lipinski definition) is 2. The summed E-state index contributed by atoms with van der Waals surface area (Å²) in [6.07, 6.45) is 0. The second-order valence-electron chi connectivity index (χ2n) is 8.02. The van der Waals surface area contributed by atoms with Crippen molar-refractivity contribution in [3.05, 3.63) is 59.3 Å². The van der Waals surface area contributed by atoms with Crippen LogP contribution in [0.1, 0.15) is 39.4 Å². The van der Waals surface area contributed by atoms with Crippen LogP contribution in [0.2, 0.25) is 0 Å². The van der Waals surface area contributed by atoms with Gasteiger partial charge in [-0.2, -0.15) is 0 Å². The van der Waals surface area contributed by atoms with Crippen molar-refractivity contribution in [2.75, 3.05) is 20.3 Å². The van der Waals surface area contributed by atoms with E-state index in [1.165, 1.54) is 7.11 Å². The fraction of sp³-hybridized carbons (Fsp3) is 0.304. The fourth-order valence-electron chi connectivity index (χ4n) is 3.42. The van der Waals surface area contributed by atoms with Crippen LogP contribution in [0.3, 0.4) is 0 Å². The van der Waals surface area contributed by atoms with Crippen molar-refractivity contribution >= 4 is 34.0 Å². The summed E-state index contributed by atoms with van der Waals surface area (Å²) in [5, 5.41) is 5.68. The Balaban J connectivity index is 1.46. The normalized spacial score (nSPS) is 13.2. The van der Waals surface area contributed by atoms with Gasteiger partial charge in [-0.25, -0.2) is 9.97 Å². The van der Waals surface area contributed by atoms with Crippen LogP contribution in [-0.2, 0) is 4.74 Å². The first kappa shape index (κ1) is 21.5. The Hall–Kier alpha value is -3.72. The van der Waals surface area contributed by atoms with Crippen LogP contribution in [0.5, 0.6) is 0 Å². The summed E-state index contributed by atoms with van der Waals surface area (Å²) >= 11 is 0. The smallest absolute Gasteiger partial charge is 0.287 e. The highest BCUT2D eigenvalue weighted by molar-refractivity contribution is 5.96. The number of fused-ring (bicyclic) bond motifs is 2. The van der Waals surface area contributed by atoms with Crippen LogP contribution in [0.25, 0.3) is 22.2 Å². The van der Waals surface area contributed by atoms with Gasteiger partial charge in [-0.1, -0.05) is 0 Å². The predicted octanol–water partition coefficient (Wildman–Crippen LogP) is 3.15. The maximum Gasteiger partial charge on any atom is 0.287 e. The number of hydrogen-bond acceptors (Lipinski definition) is 7. The molecular formula is C23H24N4O5. The zero-order valence-corrected chi connectivity index (χ0v) is 18.3. The molecule has 0 bridgehead atoms. The van der Waals surface area contributed by atoms with E-state index in [0.717, 1.165) is 11.4 Å². The highest BCUT2D eigenvalue weighted by Crippen LogP contribution is 2.20. The second-order valence-corrected chi connectivity index (χ2v) is 8.02. The summed E-state index contributed by atoms with van der Waals surface area (Å²) in [5.41, 5.74) is 3.02. The summed E-state index contributed by atoms with van der Waals surface area (Å²) in [4.78, 5) is 34.2.